The highest BCUT2D eigenvalue weighted by Gasteiger charge is 2.16. The zero-order valence-corrected chi connectivity index (χ0v) is 21.0. The summed E-state index contributed by atoms with van der Waals surface area (Å²) in [5, 5.41) is 13.6. The second-order valence-electron chi connectivity index (χ2n) is 9.07. The molecule has 8 nitrogen and oxygen atoms in total. The molecule has 10 heteroatoms. The lowest BCUT2D eigenvalue weighted by Crippen LogP contribution is -2.44. The van der Waals surface area contributed by atoms with Crippen LogP contribution in [0.2, 0.25) is 5.02 Å². The number of rotatable bonds is 6. The van der Waals surface area contributed by atoms with Gasteiger partial charge in [-0.2, -0.15) is 5.10 Å². The molecular formula is C27H26ClFN6O2. The van der Waals surface area contributed by atoms with Gasteiger partial charge < -0.3 is 20.4 Å². The van der Waals surface area contributed by atoms with E-state index in [-0.39, 0.29) is 5.02 Å². The number of likely N-dealkylation sites (N-methyl/N-ethyl adjacent to an activating group) is 1. The first kappa shape index (κ1) is 24.7. The number of carbonyl (C=O) groups excluding carboxylic acids is 2. The third kappa shape index (κ3) is 5.73. The highest BCUT2D eigenvalue weighted by Crippen LogP contribution is 2.30. The monoisotopic (exact) mass is 520 g/mol. The summed E-state index contributed by atoms with van der Waals surface area (Å²) in [7, 11) is 2.14. The summed E-state index contributed by atoms with van der Waals surface area (Å²) in [5.74, 6) is -1.60. The molecule has 2 amide bonds. The fourth-order valence-electron chi connectivity index (χ4n) is 4.34. The van der Waals surface area contributed by atoms with Gasteiger partial charge in [-0.1, -0.05) is 23.7 Å². The van der Waals surface area contributed by atoms with Gasteiger partial charge in [0.2, 0.25) is 11.8 Å². The predicted molar refractivity (Wildman–Crippen MR) is 145 cm³/mol. The fourth-order valence-corrected chi connectivity index (χ4v) is 4.52. The first-order chi connectivity index (χ1) is 17.9. The summed E-state index contributed by atoms with van der Waals surface area (Å²) in [6.07, 6.45) is -0.402. The molecule has 0 aliphatic carbocycles. The number of benzene rings is 3. The normalized spacial score (nSPS) is 14.1. The second kappa shape index (κ2) is 10.6. The maximum Gasteiger partial charge on any atom is 0.233 e. The molecule has 0 saturated carbocycles. The quantitative estimate of drug-likeness (QED) is 0.319. The average molecular weight is 521 g/mol. The number of anilines is 3. The Morgan fingerprint density at radius 3 is 2.27 bits per heavy atom. The molecule has 1 saturated heterocycles. The van der Waals surface area contributed by atoms with Crippen molar-refractivity contribution in [3.8, 4) is 11.3 Å². The minimum Gasteiger partial charge on any atom is -0.369 e. The van der Waals surface area contributed by atoms with Crippen molar-refractivity contribution >= 4 is 51.4 Å². The van der Waals surface area contributed by atoms with E-state index in [4.69, 9.17) is 11.6 Å². The standard InChI is InChI=1S/C27H26ClFN6O2/c1-34-10-12-35(13-11-34)20-6-2-17(3-7-20)27-21-8-4-19(15-24(21)32-33-27)31-26(37)16-25(36)30-18-5-9-23(29)22(28)14-18/h2-9,14-15H,10-13,16H2,1H3,(H,30,36)(H,31,37)(H,32,33). The third-order valence-electron chi connectivity index (χ3n) is 6.38. The van der Waals surface area contributed by atoms with Gasteiger partial charge in [0, 0.05) is 54.2 Å². The number of fused-ring (bicyclic) bond motifs is 1. The summed E-state index contributed by atoms with van der Waals surface area (Å²) in [4.78, 5) is 29.3. The Hall–Kier alpha value is -3.95. The number of aromatic amines is 1. The van der Waals surface area contributed by atoms with E-state index in [9.17, 15) is 14.0 Å². The smallest absolute Gasteiger partial charge is 0.233 e. The maximum atomic E-state index is 13.3. The predicted octanol–water partition coefficient (Wildman–Crippen LogP) is 4.74. The summed E-state index contributed by atoms with van der Waals surface area (Å²) in [6.45, 7) is 4.13. The van der Waals surface area contributed by atoms with Crippen molar-refractivity contribution in [2.45, 2.75) is 6.42 Å². The lowest BCUT2D eigenvalue weighted by molar-refractivity contribution is -0.123. The van der Waals surface area contributed by atoms with Crippen molar-refractivity contribution in [2.24, 2.45) is 0 Å². The van der Waals surface area contributed by atoms with Crippen LogP contribution in [0.3, 0.4) is 0 Å². The van der Waals surface area contributed by atoms with E-state index in [0.717, 1.165) is 54.4 Å². The number of H-pyrrole nitrogens is 1. The topological polar surface area (TPSA) is 93.4 Å². The lowest BCUT2D eigenvalue weighted by atomic mass is 10.1. The van der Waals surface area contributed by atoms with Gasteiger partial charge in [-0.05, 0) is 55.6 Å². The molecule has 1 aliphatic rings. The van der Waals surface area contributed by atoms with E-state index in [2.05, 4.69) is 61.9 Å². The van der Waals surface area contributed by atoms with Crippen LogP contribution in [0.4, 0.5) is 21.5 Å². The van der Waals surface area contributed by atoms with Crippen LogP contribution in [0, 0.1) is 5.82 Å². The number of carbonyl (C=O) groups is 2. The van der Waals surface area contributed by atoms with Gasteiger partial charge in [-0.3, -0.25) is 14.7 Å². The van der Waals surface area contributed by atoms with Crippen LogP contribution < -0.4 is 15.5 Å². The number of aromatic nitrogens is 2. The Bertz CT molecular complexity index is 1450. The van der Waals surface area contributed by atoms with Crippen molar-refractivity contribution in [3.05, 3.63) is 71.5 Å². The van der Waals surface area contributed by atoms with Crippen molar-refractivity contribution in [3.63, 3.8) is 0 Å². The number of hydrogen-bond donors (Lipinski definition) is 3. The maximum absolute atomic E-state index is 13.3. The van der Waals surface area contributed by atoms with Crippen LogP contribution in [0.5, 0.6) is 0 Å². The van der Waals surface area contributed by atoms with Gasteiger partial charge >= 0.3 is 0 Å². The van der Waals surface area contributed by atoms with E-state index in [1.54, 1.807) is 12.1 Å². The third-order valence-corrected chi connectivity index (χ3v) is 6.67. The molecule has 3 N–H and O–H groups in total. The molecule has 190 valence electrons. The summed E-state index contributed by atoms with van der Waals surface area (Å²) in [5.41, 5.74) is 4.64. The van der Waals surface area contributed by atoms with Crippen LogP contribution in [0.25, 0.3) is 22.2 Å². The summed E-state index contributed by atoms with van der Waals surface area (Å²) >= 11 is 5.73. The minimum atomic E-state index is -0.586. The van der Waals surface area contributed by atoms with Gasteiger partial charge in [-0.25, -0.2) is 4.39 Å². The average Bonchev–Trinajstić information content (AvgIpc) is 3.30. The number of hydrogen-bond acceptors (Lipinski definition) is 5. The SMILES string of the molecule is CN1CCN(c2ccc(-c3n[nH]c4cc(NC(=O)CC(=O)Nc5ccc(F)c(Cl)c5)ccc34)cc2)CC1. The van der Waals surface area contributed by atoms with Gasteiger partial charge in [0.25, 0.3) is 0 Å². The van der Waals surface area contributed by atoms with Crippen LogP contribution in [-0.4, -0.2) is 60.1 Å². The minimum absolute atomic E-state index is 0.111. The number of nitrogens with zero attached hydrogens (tertiary/aromatic N) is 3. The fraction of sp³-hybridized carbons (Fsp3) is 0.222. The Morgan fingerprint density at radius 1 is 0.946 bits per heavy atom. The molecule has 1 aliphatic heterocycles. The number of halogens is 2. The molecule has 37 heavy (non-hydrogen) atoms. The highest BCUT2D eigenvalue weighted by atomic mass is 35.5. The van der Waals surface area contributed by atoms with E-state index in [1.807, 2.05) is 6.07 Å². The number of nitrogens with one attached hydrogen (secondary N) is 3. The first-order valence-corrected chi connectivity index (χ1v) is 12.3. The van der Waals surface area contributed by atoms with Gasteiger partial charge in [0.1, 0.15) is 12.2 Å². The Morgan fingerprint density at radius 2 is 1.59 bits per heavy atom. The first-order valence-electron chi connectivity index (χ1n) is 11.9. The van der Waals surface area contributed by atoms with Crippen LogP contribution in [0.15, 0.2) is 60.7 Å². The molecule has 4 aromatic rings. The zero-order valence-electron chi connectivity index (χ0n) is 20.2. The van der Waals surface area contributed by atoms with E-state index in [0.29, 0.717) is 11.4 Å². The zero-order chi connectivity index (χ0) is 25.9. The molecule has 3 aromatic carbocycles. The Balaban J connectivity index is 1.22. The van der Waals surface area contributed by atoms with Gasteiger partial charge in [0.05, 0.1) is 16.2 Å². The molecule has 0 spiro atoms. The molecule has 0 radical (unpaired) electrons. The van der Waals surface area contributed by atoms with Crippen LogP contribution in [0.1, 0.15) is 6.42 Å². The van der Waals surface area contributed by atoms with Crippen molar-refractivity contribution < 1.29 is 14.0 Å². The molecule has 1 aromatic heterocycles. The van der Waals surface area contributed by atoms with E-state index < -0.39 is 24.1 Å². The van der Waals surface area contributed by atoms with Crippen molar-refractivity contribution in [1.82, 2.24) is 15.1 Å². The molecule has 5 rings (SSSR count). The largest absolute Gasteiger partial charge is 0.369 e. The summed E-state index contributed by atoms with van der Waals surface area (Å²) in [6, 6.07) is 17.7. The molecule has 0 unspecified atom stereocenters. The highest BCUT2D eigenvalue weighted by molar-refractivity contribution is 6.31. The number of amides is 2. The van der Waals surface area contributed by atoms with Crippen LogP contribution >= 0.6 is 11.6 Å². The molecule has 1 fully saturated rings. The Labute approximate surface area is 218 Å². The van der Waals surface area contributed by atoms with E-state index in [1.165, 1.54) is 17.8 Å². The Kier molecular flexibility index (Phi) is 7.07. The van der Waals surface area contributed by atoms with E-state index >= 15 is 0 Å². The molecular weight excluding hydrogens is 495 g/mol. The number of piperazine rings is 1. The lowest BCUT2D eigenvalue weighted by Gasteiger charge is -2.34. The van der Waals surface area contributed by atoms with Crippen LogP contribution in [-0.2, 0) is 9.59 Å². The molecule has 0 bridgehead atoms. The van der Waals surface area contributed by atoms with Gasteiger partial charge in [-0.15, -0.1) is 0 Å². The van der Waals surface area contributed by atoms with Crippen molar-refractivity contribution in [1.29, 1.82) is 0 Å². The van der Waals surface area contributed by atoms with Gasteiger partial charge in [0.15, 0.2) is 0 Å². The van der Waals surface area contributed by atoms with Crippen molar-refractivity contribution in [2.75, 3.05) is 48.8 Å². The molecule has 2 heterocycles. The second-order valence-corrected chi connectivity index (χ2v) is 9.48. The summed E-state index contributed by atoms with van der Waals surface area (Å²) < 4.78 is 13.3. The molecule has 0 atom stereocenters.